The summed E-state index contributed by atoms with van der Waals surface area (Å²) in [6.45, 7) is 13.3. The molecular weight excluding hydrogens is 260 g/mol. The second kappa shape index (κ2) is 8.50. The number of ether oxygens (including phenoxy) is 1. The van der Waals surface area contributed by atoms with Gasteiger partial charge in [0.05, 0.1) is 6.61 Å². The zero-order valence-corrected chi connectivity index (χ0v) is 14.5. The van der Waals surface area contributed by atoms with Crippen LogP contribution in [0.3, 0.4) is 0 Å². The number of likely N-dealkylation sites (N-methyl/N-ethyl adjacent to an activating group) is 1. The molecule has 3 heteroatoms. The van der Waals surface area contributed by atoms with Gasteiger partial charge in [-0.1, -0.05) is 26.7 Å². The molecule has 0 bridgehead atoms. The van der Waals surface area contributed by atoms with Crippen molar-refractivity contribution in [3.63, 3.8) is 0 Å². The summed E-state index contributed by atoms with van der Waals surface area (Å²) < 4.78 is 5.56. The molecule has 2 atom stereocenters. The third kappa shape index (κ3) is 5.88. The second-order valence-corrected chi connectivity index (χ2v) is 7.42. The number of rotatable bonds is 10. The van der Waals surface area contributed by atoms with Gasteiger partial charge in [-0.05, 0) is 50.5 Å². The van der Waals surface area contributed by atoms with E-state index in [0.29, 0.717) is 5.41 Å². The maximum absolute atomic E-state index is 5.56. The smallest absolute Gasteiger partial charge is 0.0593 e. The van der Waals surface area contributed by atoms with Gasteiger partial charge in [-0.15, -0.1) is 0 Å². The number of hydrogen-bond donors (Lipinski definition) is 1. The van der Waals surface area contributed by atoms with Crippen LogP contribution in [0.25, 0.3) is 0 Å². The van der Waals surface area contributed by atoms with Gasteiger partial charge >= 0.3 is 0 Å². The van der Waals surface area contributed by atoms with Crippen LogP contribution in [0.15, 0.2) is 0 Å². The second-order valence-electron chi connectivity index (χ2n) is 7.42. The van der Waals surface area contributed by atoms with Crippen molar-refractivity contribution < 1.29 is 4.74 Å². The van der Waals surface area contributed by atoms with Gasteiger partial charge in [0.2, 0.25) is 0 Å². The summed E-state index contributed by atoms with van der Waals surface area (Å²) in [6, 6.07) is 0.831. The SMILES string of the molecule is CCOCCN(CC)CC1(CNC2CC2)CCCC(C)C1. The Hall–Kier alpha value is -0.120. The highest BCUT2D eigenvalue weighted by Gasteiger charge is 2.37. The number of nitrogens with zero attached hydrogens (tertiary/aromatic N) is 1. The average molecular weight is 296 g/mol. The van der Waals surface area contributed by atoms with Crippen LogP contribution in [0.1, 0.15) is 59.3 Å². The molecule has 0 aromatic rings. The zero-order chi connectivity index (χ0) is 15.1. The van der Waals surface area contributed by atoms with E-state index in [9.17, 15) is 0 Å². The summed E-state index contributed by atoms with van der Waals surface area (Å²) >= 11 is 0. The van der Waals surface area contributed by atoms with Crippen LogP contribution in [-0.2, 0) is 4.74 Å². The fraction of sp³-hybridized carbons (Fsp3) is 1.00. The lowest BCUT2D eigenvalue weighted by Gasteiger charge is -2.43. The molecule has 2 unspecified atom stereocenters. The molecule has 2 rings (SSSR count). The summed E-state index contributed by atoms with van der Waals surface area (Å²) in [7, 11) is 0. The quantitative estimate of drug-likeness (QED) is 0.626. The molecule has 0 amide bonds. The minimum atomic E-state index is 0.502. The molecule has 1 N–H and O–H groups in total. The molecule has 0 saturated heterocycles. The summed E-state index contributed by atoms with van der Waals surface area (Å²) in [5, 5.41) is 3.83. The molecule has 0 aromatic carbocycles. The predicted octanol–water partition coefficient (Wildman–Crippen LogP) is 3.29. The summed E-state index contributed by atoms with van der Waals surface area (Å²) in [4.78, 5) is 2.61. The minimum absolute atomic E-state index is 0.502. The van der Waals surface area contributed by atoms with Gasteiger partial charge in [0.25, 0.3) is 0 Å². The highest BCUT2D eigenvalue weighted by Crippen LogP contribution is 2.40. The highest BCUT2D eigenvalue weighted by atomic mass is 16.5. The molecule has 2 saturated carbocycles. The van der Waals surface area contributed by atoms with Crippen LogP contribution in [0.2, 0.25) is 0 Å². The van der Waals surface area contributed by atoms with E-state index in [1.807, 2.05) is 0 Å². The van der Waals surface area contributed by atoms with E-state index in [0.717, 1.165) is 38.3 Å². The molecule has 3 nitrogen and oxygen atoms in total. The van der Waals surface area contributed by atoms with Crippen LogP contribution in [0.5, 0.6) is 0 Å². The van der Waals surface area contributed by atoms with Crippen LogP contribution < -0.4 is 5.32 Å². The Morgan fingerprint density at radius 2 is 2.05 bits per heavy atom. The van der Waals surface area contributed by atoms with Crippen molar-refractivity contribution in [2.45, 2.75) is 65.3 Å². The van der Waals surface area contributed by atoms with Crippen molar-refractivity contribution in [2.24, 2.45) is 11.3 Å². The first-order chi connectivity index (χ1) is 10.2. The van der Waals surface area contributed by atoms with Crippen molar-refractivity contribution in [1.82, 2.24) is 10.2 Å². The molecular formula is C18H36N2O. The van der Waals surface area contributed by atoms with Gasteiger partial charge < -0.3 is 15.0 Å². The molecule has 0 heterocycles. The van der Waals surface area contributed by atoms with Gasteiger partial charge in [-0.3, -0.25) is 0 Å². The Morgan fingerprint density at radius 1 is 1.24 bits per heavy atom. The summed E-state index contributed by atoms with van der Waals surface area (Å²) in [5.41, 5.74) is 0.502. The fourth-order valence-corrected chi connectivity index (χ4v) is 3.94. The molecule has 2 fully saturated rings. The Balaban J connectivity index is 1.88. The molecule has 2 aliphatic carbocycles. The first kappa shape index (κ1) is 17.2. The largest absolute Gasteiger partial charge is 0.380 e. The topological polar surface area (TPSA) is 24.5 Å². The number of hydrogen-bond acceptors (Lipinski definition) is 3. The first-order valence-corrected chi connectivity index (χ1v) is 9.21. The minimum Gasteiger partial charge on any atom is -0.380 e. The van der Waals surface area contributed by atoms with Crippen LogP contribution in [0.4, 0.5) is 0 Å². The normalized spacial score (nSPS) is 30.0. The van der Waals surface area contributed by atoms with Crippen LogP contribution in [-0.4, -0.2) is 50.3 Å². The van der Waals surface area contributed by atoms with E-state index in [-0.39, 0.29) is 0 Å². The van der Waals surface area contributed by atoms with Crippen LogP contribution in [0, 0.1) is 11.3 Å². The molecule has 0 radical (unpaired) electrons. The third-order valence-corrected chi connectivity index (χ3v) is 5.29. The predicted molar refractivity (Wildman–Crippen MR) is 89.7 cm³/mol. The van der Waals surface area contributed by atoms with Gasteiger partial charge in [0.1, 0.15) is 0 Å². The third-order valence-electron chi connectivity index (χ3n) is 5.29. The van der Waals surface area contributed by atoms with E-state index in [1.54, 1.807) is 0 Å². The fourth-order valence-electron chi connectivity index (χ4n) is 3.94. The molecule has 124 valence electrons. The van der Waals surface area contributed by atoms with Crippen molar-refractivity contribution in [2.75, 3.05) is 39.4 Å². The Bertz CT molecular complexity index is 293. The monoisotopic (exact) mass is 296 g/mol. The van der Waals surface area contributed by atoms with E-state index in [1.165, 1.54) is 51.6 Å². The van der Waals surface area contributed by atoms with Gasteiger partial charge in [-0.2, -0.15) is 0 Å². The van der Waals surface area contributed by atoms with Gasteiger partial charge in [0.15, 0.2) is 0 Å². The Morgan fingerprint density at radius 3 is 2.67 bits per heavy atom. The Labute approximate surface area is 131 Å². The van der Waals surface area contributed by atoms with Gasteiger partial charge in [-0.25, -0.2) is 0 Å². The van der Waals surface area contributed by atoms with Crippen molar-refractivity contribution in [3.05, 3.63) is 0 Å². The van der Waals surface area contributed by atoms with Crippen LogP contribution >= 0.6 is 0 Å². The molecule has 0 aromatic heterocycles. The first-order valence-electron chi connectivity index (χ1n) is 9.21. The van der Waals surface area contributed by atoms with E-state index >= 15 is 0 Å². The summed E-state index contributed by atoms with van der Waals surface area (Å²) in [6.07, 6.45) is 8.44. The van der Waals surface area contributed by atoms with E-state index in [2.05, 4.69) is 31.0 Å². The number of nitrogens with one attached hydrogen (secondary N) is 1. The average Bonchev–Trinajstić information content (AvgIpc) is 3.29. The Kier molecular flexibility index (Phi) is 6.97. The molecule has 0 aliphatic heterocycles. The van der Waals surface area contributed by atoms with Crippen molar-refractivity contribution in [1.29, 1.82) is 0 Å². The zero-order valence-electron chi connectivity index (χ0n) is 14.5. The molecule has 21 heavy (non-hydrogen) atoms. The van der Waals surface area contributed by atoms with Crippen molar-refractivity contribution in [3.8, 4) is 0 Å². The molecule has 0 spiro atoms. The lowest BCUT2D eigenvalue weighted by molar-refractivity contribution is 0.0580. The van der Waals surface area contributed by atoms with E-state index < -0.39 is 0 Å². The lowest BCUT2D eigenvalue weighted by atomic mass is 9.69. The molecule has 2 aliphatic rings. The summed E-state index contributed by atoms with van der Waals surface area (Å²) in [5.74, 6) is 0.894. The lowest BCUT2D eigenvalue weighted by Crippen LogP contribution is -2.47. The van der Waals surface area contributed by atoms with E-state index in [4.69, 9.17) is 4.74 Å². The maximum atomic E-state index is 5.56. The van der Waals surface area contributed by atoms with Gasteiger partial charge in [0, 0.05) is 32.3 Å². The van der Waals surface area contributed by atoms with Crippen molar-refractivity contribution >= 4 is 0 Å². The highest BCUT2D eigenvalue weighted by molar-refractivity contribution is 4.92. The maximum Gasteiger partial charge on any atom is 0.0593 e. The standard InChI is InChI=1S/C18H36N2O/c1-4-20(11-12-21-5-2)15-18(14-19-17-8-9-17)10-6-7-16(3)13-18/h16-17,19H,4-15H2,1-3H3.